The Morgan fingerprint density at radius 1 is 1.04 bits per heavy atom. The Hall–Kier alpha value is -2.93. The number of nitrogens with zero attached hydrogens (tertiary/aromatic N) is 5. The molecule has 0 amide bonds. The third-order valence-electron chi connectivity index (χ3n) is 4.90. The summed E-state index contributed by atoms with van der Waals surface area (Å²) in [6.45, 7) is 2.16. The van der Waals surface area contributed by atoms with Crippen LogP contribution in [0.3, 0.4) is 0 Å². The average Bonchev–Trinajstić information content (AvgIpc) is 3.18. The van der Waals surface area contributed by atoms with Crippen molar-refractivity contribution < 1.29 is 9.18 Å². The summed E-state index contributed by atoms with van der Waals surface area (Å²) in [6.07, 6.45) is 1.65. The van der Waals surface area contributed by atoms with Gasteiger partial charge in [0.2, 0.25) is 5.82 Å². The molecule has 27 heavy (non-hydrogen) atoms. The Morgan fingerprint density at radius 3 is 2.44 bits per heavy atom. The van der Waals surface area contributed by atoms with Gasteiger partial charge < -0.3 is 0 Å². The molecule has 0 N–H and O–H groups in total. The van der Waals surface area contributed by atoms with E-state index in [9.17, 15) is 9.18 Å². The van der Waals surface area contributed by atoms with E-state index < -0.39 is 0 Å². The van der Waals surface area contributed by atoms with E-state index in [1.807, 2.05) is 30.3 Å². The van der Waals surface area contributed by atoms with Gasteiger partial charge in [-0.3, -0.25) is 9.69 Å². The van der Waals surface area contributed by atoms with E-state index in [1.54, 1.807) is 12.1 Å². The lowest BCUT2D eigenvalue weighted by Gasteiger charge is -2.30. The highest BCUT2D eigenvalue weighted by Crippen LogP contribution is 2.22. The number of ketones is 1. The number of rotatable bonds is 5. The molecule has 1 aliphatic rings. The third kappa shape index (κ3) is 4.09. The average molecular weight is 365 g/mol. The Bertz CT molecular complexity index is 902. The first-order valence-electron chi connectivity index (χ1n) is 9.04. The van der Waals surface area contributed by atoms with Crippen LogP contribution in [0.1, 0.15) is 23.2 Å². The molecule has 6 nitrogen and oxygen atoms in total. The maximum Gasteiger partial charge on any atom is 0.204 e. The van der Waals surface area contributed by atoms with E-state index >= 15 is 0 Å². The number of piperidine rings is 1. The summed E-state index contributed by atoms with van der Waals surface area (Å²) < 4.78 is 13.0. The smallest absolute Gasteiger partial charge is 0.204 e. The van der Waals surface area contributed by atoms with Crippen LogP contribution in [0.25, 0.3) is 11.4 Å². The molecule has 1 aliphatic heterocycles. The van der Waals surface area contributed by atoms with E-state index in [0.717, 1.165) is 37.1 Å². The number of aromatic nitrogens is 4. The molecule has 7 heteroatoms. The summed E-state index contributed by atoms with van der Waals surface area (Å²) in [5.41, 5.74) is 1.52. The number of likely N-dealkylation sites (tertiary alicyclic amines) is 1. The summed E-state index contributed by atoms with van der Waals surface area (Å²) in [5.74, 6) is 0.484. The second-order valence-electron chi connectivity index (χ2n) is 6.76. The van der Waals surface area contributed by atoms with E-state index in [2.05, 4.69) is 20.3 Å². The molecule has 0 bridgehead atoms. The largest absolute Gasteiger partial charge is 0.294 e. The number of carbonyl (C=O) groups excluding carboxylic acids is 1. The Labute approximate surface area is 156 Å². The molecular weight excluding hydrogens is 345 g/mol. The van der Waals surface area contributed by atoms with Crippen LogP contribution >= 0.6 is 0 Å². The van der Waals surface area contributed by atoms with Gasteiger partial charge in [0.05, 0.1) is 0 Å². The van der Waals surface area contributed by atoms with Crippen LogP contribution in [0.15, 0.2) is 54.6 Å². The topological polar surface area (TPSA) is 63.9 Å². The van der Waals surface area contributed by atoms with Gasteiger partial charge in [-0.2, -0.15) is 0 Å². The van der Waals surface area contributed by atoms with Gasteiger partial charge in [-0.25, -0.2) is 4.39 Å². The van der Waals surface area contributed by atoms with Gasteiger partial charge in [0.1, 0.15) is 12.5 Å². The molecule has 4 rings (SSSR count). The number of benzene rings is 2. The first-order chi connectivity index (χ1) is 13.2. The maximum atomic E-state index is 13.0. The molecule has 0 unspecified atom stereocenters. The Morgan fingerprint density at radius 2 is 1.74 bits per heavy atom. The van der Waals surface area contributed by atoms with E-state index in [4.69, 9.17) is 0 Å². The first kappa shape index (κ1) is 17.5. The van der Waals surface area contributed by atoms with Crippen molar-refractivity contribution in [2.75, 3.05) is 13.1 Å². The van der Waals surface area contributed by atoms with Crippen LogP contribution in [0.5, 0.6) is 0 Å². The number of tetrazole rings is 1. The Balaban J connectivity index is 1.33. The van der Waals surface area contributed by atoms with Crippen molar-refractivity contribution in [1.29, 1.82) is 0 Å². The lowest BCUT2D eigenvalue weighted by molar-refractivity contribution is 0.0794. The van der Waals surface area contributed by atoms with Crippen molar-refractivity contribution in [3.63, 3.8) is 0 Å². The second-order valence-corrected chi connectivity index (χ2v) is 6.76. The van der Waals surface area contributed by atoms with Crippen molar-refractivity contribution in [1.82, 2.24) is 25.1 Å². The van der Waals surface area contributed by atoms with Gasteiger partial charge in [0.25, 0.3) is 0 Å². The number of Topliss-reactive ketones (excluding diaryl/α,β-unsaturated/α-hetero) is 1. The molecule has 2 aromatic carbocycles. The molecule has 2 heterocycles. The minimum absolute atomic E-state index is 0.0714. The summed E-state index contributed by atoms with van der Waals surface area (Å²) >= 11 is 0. The van der Waals surface area contributed by atoms with Crippen molar-refractivity contribution in [3.8, 4) is 11.4 Å². The molecular formula is C20H20FN5O. The predicted octanol–water partition coefficient (Wildman–Crippen LogP) is 3.03. The molecule has 0 spiro atoms. The van der Waals surface area contributed by atoms with E-state index in [1.165, 1.54) is 16.9 Å². The molecule has 0 saturated carbocycles. The lowest BCUT2D eigenvalue weighted by atomic mass is 9.89. The van der Waals surface area contributed by atoms with Gasteiger partial charge in [-0.05, 0) is 42.3 Å². The second kappa shape index (κ2) is 7.75. The van der Waals surface area contributed by atoms with Crippen molar-refractivity contribution in [3.05, 3.63) is 66.0 Å². The van der Waals surface area contributed by atoms with Crippen LogP contribution < -0.4 is 0 Å². The molecule has 0 aliphatic carbocycles. The normalized spacial score (nSPS) is 15.7. The van der Waals surface area contributed by atoms with Gasteiger partial charge in [0.15, 0.2) is 5.78 Å². The highest BCUT2D eigenvalue weighted by Gasteiger charge is 2.26. The van der Waals surface area contributed by atoms with Crippen molar-refractivity contribution >= 4 is 5.78 Å². The van der Waals surface area contributed by atoms with Crippen LogP contribution in [0.2, 0.25) is 0 Å². The Kier molecular flexibility index (Phi) is 5.02. The summed E-state index contributed by atoms with van der Waals surface area (Å²) in [6, 6.07) is 15.5. The monoisotopic (exact) mass is 365 g/mol. The highest BCUT2D eigenvalue weighted by molar-refractivity contribution is 5.97. The van der Waals surface area contributed by atoms with Crippen LogP contribution in [-0.4, -0.2) is 44.0 Å². The maximum absolute atomic E-state index is 13.0. The molecule has 1 saturated heterocycles. The minimum atomic E-state index is -0.293. The summed E-state index contributed by atoms with van der Waals surface area (Å²) in [4.78, 5) is 16.3. The standard InChI is InChI=1S/C20H20FN5O/c21-18-8-6-17(7-9-18)20-22-24-26(23-20)14-25-12-10-16(11-13-25)19(27)15-4-2-1-3-5-15/h1-9,16H,10-14H2. The number of hydrogen-bond acceptors (Lipinski definition) is 5. The van der Waals surface area contributed by atoms with E-state index in [0.29, 0.717) is 12.5 Å². The van der Waals surface area contributed by atoms with Crippen molar-refractivity contribution in [2.45, 2.75) is 19.5 Å². The predicted molar refractivity (Wildman–Crippen MR) is 98.3 cm³/mol. The third-order valence-corrected chi connectivity index (χ3v) is 4.90. The van der Waals surface area contributed by atoms with Gasteiger partial charge in [0, 0.05) is 30.1 Å². The molecule has 0 radical (unpaired) electrons. The van der Waals surface area contributed by atoms with Crippen LogP contribution in [0, 0.1) is 11.7 Å². The number of hydrogen-bond donors (Lipinski definition) is 0. The quantitative estimate of drug-likeness (QED) is 0.651. The van der Waals surface area contributed by atoms with E-state index in [-0.39, 0.29) is 17.5 Å². The molecule has 138 valence electrons. The fourth-order valence-electron chi connectivity index (χ4n) is 3.37. The first-order valence-corrected chi connectivity index (χ1v) is 9.04. The number of carbonyl (C=O) groups is 1. The zero-order chi connectivity index (χ0) is 18.6. The van der Waals surface area contributed by atoms with Crippen LogP contribution in [0.4, 0.5) is 4.39 Å². The molecule has 1 fully saturated rings. The molecule has 0 atom stereocenters. The lowest BCUT2D eigenvalue weighted by Crippen LogP contribution is -2.38. The SMILES string of the molecule is O=C(c1ccccc1)C1CCN(Cn2nnc(-c3ccc(F)cc3)n2)CC1. The zero-order valence-electron chi connectivity index (χ0n) is 14.8. The summed E-state index contributed by atoms with van der Waals surface area (Å²) in [7, 11) is 0. The molecule has 1 aromatic heterocycles. The number of halogens is 1. The van der Waals surface area contributed by atoms with Crippen LogP contribution in [-0.2, 0) is 6.67 Å². The highest BCUT2D eigenvalue weighted by atomic mass is 19.1. The van der Waals surface area contributed by atoms with Gasteiger partial charge in [-0.1, -0.05) is 30.3 Å². The minimum Gasteiger partial charge on any atom is -0.294 e. The van der Waals surface area contributed by atoms with Crippen molar-refractivity contribution in [2.24, 2.45) is 5.92 Å². The van der Waals surface area contributed by atoms with Gasteiger partial charge in [-0.15, -0.1) is 15.0 Å². The zero-order valence-corrected chi connectivity index (χ0v) is 14.8. The summed E-state index contributed by atoms with van der Waals surface area (Å²) in [5, 5.41) is 12.5. The fraction of sp³-hybridized carbons (Fsp3) is 0.300. The van der Waals surface area contributed by atoms with Gasteiger partial charge >= 0.3 is 0 Å². The fourth-order valence-corrected chi connectivity index (χ4v) is 3.37. The molecule has 3 aromatic rings.